The highest BCUT2D eigenvalue weighted by Crippen LogP contribution is 2.25. The Hall–Kier alpha value is -2.22. The van der Waals surface area contributed by atoms with Gasteiger partial charge in [0.2, 0.25) is 0 Å². The number of hydrogen-bond donors (Lipinski definition) is 2. The van der Waals surface area contributed by atoms with Gasteiger partial charge in [0.25, 0.3) is 0 Å². The molecule has 2 aromatic rings. The summed E-state index contributed by atoms with van der Waals surface area (Å²) in [7, 11) is 0. The summed E-state index contributed by atoms with van der Waals surface area (Å²) in [5.74, 6) is 0. The molecule has 0 spiro atoms. The van der Waals surface area contributed by atoms with Crippen LogP contribution in [-0.2, 0) is 6.42 Å². The van der Waals surface area contributed by atoms with Gasteiger partial charge >= 0.3 is 0 Å². The number of benzene rings is 2. The molecular formula is C18H20N2. The van der Waals surface area contributed by atoms with Crippen LogP contribution in [0.15, 0.2) is 66.4 Å². The van der Waals surface area contributed by atoms with Crippen molar-refractivity contribution >= 4 is 5.69 Å². The van der Waals surface area contributed by atoms with Gasteiger partial charge in [-0.1, -0.05) is 61.5 Å². The summed E-state index contributed by atoms with van der Waals surface area (Å²) in [4.78, 5) is 0. The first-order chi connectivity index (χ1) is 9.86. The Morgan fingerprint density at radius 2 is 1.70 bits per heavy atom. The largest absolute Gasteiger partial charge is 0.365 e. The Balaban J connectivity index is 1.98. The van der Waals surface area contributed by atoms with E-state index < -0.39 is 0 Å². The Bertz CT molecular complexity index is 602. The molecule has 2 N–H and O–H groups in total. The minimum Gasteiger partial charge on any atom is -0.365 e. The van der Waals surface area contributed by atoms with Crippen molar-refractivity contribution < 1.29 is 0 Å². The molecule has 1 unspecified atom stereocenters. The van der Waals surface area contributed by atoms with E-state index in [2.05, 4.69) is 78.2 Å². The lowest BCUT2D eigenvalue weighted by Gasteiger charge is -2.27. The van der Waals surface area contributed by atoms with Crippen molar-refractivity contribution in [1.29, 1.82) is 0 Å². The van der Waals surface area contributed by atoms with Crippen LogP contribution in [0.3, 0.4) is 0 Å². The second-order valence-electron chi connectivity index (χ2n) is 5.08. The lowest BCUT2D eigenvalue weighted by molar-refractivity contribution is 0.641. The summed E-state index contributed by atoms with van der Waals surface area (Å²) in [6, 6.07) is 19.1. The number of hydrogen-bond acceptors (Lipinski definition) is 2. The fraction of sp³-hybridized carbons (Fsp3) is 0.222. The van der Waals surface area contributed by atoms with Crippen LogP contribution >= 0.6 is 0 Å². The normalized spacial score (nSPS) is 20.4. The van der Waals surface area contributed by atoms with Crippen LogP contribution in [0, 0.1) is 0 Å². The summed E-state index contributed by atoms with van der Waals surface area (Å²) >= 11 is 0. The summed E-state index contributed by atoms with van der Waals surface area (Å²) in [5, 5.41) is 7.24. The van der Waals surface area contributed by atoms with Crippen LogP contribution in [0.4, 0.5) is 5.69 Å². The highest BCUT2D eigenvalue weighted by Gasteiger charge is 2.15. The van der Waals surface area contributed by atoms with Crippen LogP contribution in [0.5, 0.6) is 0 Å². The Morgan fingerprint density at radius 1 is 0.950 bits per heavy atom. The fourth-order valence-electron chi connectivity index (χ4n) is 2.57. The molecule has 0 bridgehead atoms. The van der Waals surface area contributed by atoms with Crippen LogP contribution in [-0.4, -0.2) is 0 Å². The first-order valence-electron chi connectivity index (χ1n) is 7.22. The number of allylic oxidation sites excluding steroid dienone is 2. The van der Waals surface area contributed by atoms with Gasteiger partial charge in [-0.2, -0.15) is 0 Å². The molecule has 0 saturated carbocycles. The van der Waals surface area contributed by atoms with Gasteiger partial charge in [-0.05, 0) is 30.0 Å². The molecule has 2 heteroatoms. The number of anilines is 1. The predicted octanol–water partition coefficient (Wildman–Crippen LogP) is 4.24. The molecule has 0 saturated heterocycles. The number of para-hydroxylation sites is 1. The first-order valence-corrected chi connectivity index (χ1v) is 7.22. The maximum Gasteiger partial charge on any atom is 0.123 e. The zero-order chi connectivity index (χ0) is 13.8. The summed E-state index contributed by atoms with van der Waals surface area (Å²) < 4.78 is 0. The minimum atomic E-state index is 0.115. The fourth-order valence-corrected chi connectivity index (χ4v) is 2.57. The summed E-state index contributed by atoms with van der Waals surface area (Å²) in [6.45, 7) is 2.19. The first kappa shape index (κ1) is 12.8. The van der Waals surface area contributed by atoms with Gasteiger partial charge < -0.3 is 10.6 Å². The monoisotopic (exact) mass is 264 g/mol. The standard InChI is InChI=1S/C18H20N2/c1-2-16-13-12-14-8-6-7-11-17(14)20-18(19-16)15-9-4-3-5-10-15/h3-11,13,18-20H,2,12H2,1H3/b16-13+. The van der Waals surface area contributed by atoms with Gasteiger partial charge in [-0.15, -0.1) is 0 Å². The molecule has 0 radical (unpaired) electrons. The van der Waals surface area contributed by atoms with Crippen LogP contribution < -0.4 is 10.6 Å². The SMILES string of the molecule is CC/C1=C\Cc2ccccc2NC(c2ccccc2)N1. The van der Waals surface area contributed by atoms with Crippen molar-refractivity contribution in [2.45, 2.75) is 25.9 Å². The molecule has 0 fully saturated rings. The maximum atomic E-state index is 3.63. The molecule has 2 nitrogen and oxygen atoms in total. The third-order valence-corrected chi connectivity index (χ3v) is 3.73. The van der Waals surface area contributed by atoms with E-state index in [0.29, 0.717) is 0 Å². The second kappa shape index (κ2) is 5.83. The number of nitrogens with one attached hydrogen (secondary N) is 2. The van der Waals surface area contributed by atoms with Gasteiger partial charge in [0.05, 0.1) is 0 Å². The topological polar surface area (TPSA) is 24.1 Å². The van der Waals surface area contributed by atoms with E-state index in [1.165, 1.54) is 22.5 Å². The average molecular weight is 264 g/mol. The van der Waals surface area contributed by atoms with E-state index in [9.17, 15) is 0 Å². The second-order valence-corrected chi connectivity index (χ2v) is 5.08. The minimum absolute atomic E-state index is 0.115. The molecule has 102 valence electrons. The predicted molar refractivity (Wildman–Crippen MR) is 84.5 cm³/mol. The van der Waals surface area contributed by atoms with E-state index in [-0.39, 0.29) is 6.17 Å². The highest BCUT2D eigenvalue weighted by molar-refractivity contribution is 5.54. The molecule has 2 aromatic carbocycles. The molecule has 0 aromatic heterocycles. The molecule has 1 heterocycles. The third kappa shape index (κ3) is 2.69. The van der Waals surface area contributed by atoms with Crippen LogP contribution in [0.1, 0.15) is 30.6 Å². The van der Waals surface area contributed by atoms with Crippen molar-refractivity contribution in [2.75, 3.05) is 5.32 Å². The van der Waals surface area contributed by atoms with E-state index >= 15 is 0 Å². The van der Waals surface area contributed by atoms with Gasteiger partial charge in [-0.3, -0.25) is 0 Å². The molecule has 1 atom stereocenters. The quantitative estimate of drug-likeness (QED) is 0.848. The molecule has 3 rings (SSSR count). The average Bonchev–Trinajstić information content (AvgIpc) is 2.49. The zero-order valence-corrected chi connectivity index (χ0v) is 11.8. The van der Waals surface area contributed by atoms with Crippen LogP contribution in [0.25, 0.3) is 0 Å². The van der Waals surface area contributed by atoms with Crippen molar-refractivity contribution in [3.8, 4) is 0 Å². The van der Waals surface area contributed by atoms with Gasteiger partial charge in [-0.25, -0.2) is 0 Å². The molecule has 0 aliphatic carbocycles. The molecule has 1 aliphatic heterocycles. The smallest absolute Gasteiger partial charge is 0.123 e. The van der Waals surface area contributed by atoms with Crippen molar-refractivity contribution in [2.24, 2.45) is 0 Å². The van der Waals surface area contributed by atoms with Gasteiger partial charge in [0, 0.05) is 11.4 Å². The summed E-state index contributed by atoms with van der Waals surface area (Å²) in [6.07, 6.45) is 4.41. The highest BCUT2D eigenvalue weighted by atomic mass is 15.1. The van der Waals surface area contributed by atoms with E-state index in [1.807, 2.05) is 0 Å². The third-order valence-electron chi connectivity index (χ3n) is 3.73. The molecule has 20 heavy (non-hydrogen) atoms. The van der Waals surface area contributed by atoms with E-state index in [4.69, 9.17) is 0 Å². The van der Waals surface area contributed by atoms with E-state index in [1.54, 1.807) is 0 Å². The molecular weight excluding hydrogens is 244 g/mol. The maximum absolute atomic E-state index is 3.63. The van der Waals surface area contributed by atoms with Crippen LogP contribution in [0.2, 0.25) is 0 Å². The molecule has 0 amide bonds. The van der Waals surface area contributed by atoms with Gasteiger partial charge in [0.1, 0.15) is 6.17 Å². The zero-order valence-electron chi connectivity index (χ0n) is 11.8. The van der Waals surface area contributed by atoms with Crippen molar-refractivity contribution in [1.82, 2.24) is 5.32 Å². The Kier molecular flexibility index (Phi) is 3.73. The number of rotatable bonds is 2. The van der Waals surface area contributed by atoms with E-state index in [0.717, 1.165) is 12.8 Å². The summed E-state index contributed by atoms with van der Waals surface area (Å²) in [5.41, 5.74) is 5.10. The lowest BCUT2D eigenvalue weighted by atomic mass is 10.0. The number of fused-ring (bicyclic) bond motifs is 1. The van der Waals surface area contributed by atoms with Crippen molar-refractivity contribution in [3.63, 3.8) is 0 Å². The molecule has 1 aliphatic rings. The lowest BCUT2D eigenvalue weighted by Crippen LogP contribution is -2.29. The van der Waals surface area contributed by atoms with Gasteiger partial charge in [0.15, 0.2) is 0 Å². The van der Waals surface area contributed by atoms with Crippen molar-refractivity contribution in [3.05, 3.63) is 77.5 Å². The Morgan fingerprint density at radius 3 is 2.50 bits per heavy atom. The Labute approximate surface area is 120 Å².